The predicted octanol–water partition coefficient (Wildman–Crippen LogP) is 1.44. The minimum atomic E-state index is 0.0777. The molecule has 0 radical (unpaired) electrons. The number of amides is 1. The van der Waals surface area contributed by atoms with Crippen molar-refractivity contribution in [2.24, 2.45) is 11.7 Å². The van der Waals surface area contributed by atoms with Crippen LogP contribution in [0.5, 0.6) is 0 Å². The summed E-state index contributed by atoms with van der Waals surface area (Å²) in [6, 6.07) is 0. The summed E-state index contributed by atoms with van der Waals surface area (Å²) in [5.41, 5.74) is 5.38. The molecule has 1 aromatic heterocycles. The Morgan fingerprint density at radius 2 is 2.14 bits per heavy atom. The first-order valence-corrected chi connectivity index (χ1v) is 8.73. The number of nitrogens with two attached hydrogens (primary N) is 1. The van der Waals surface area contributed by atoms with Crippen LogP contribution < -0.4 is 11.1 Å². The Morgan fingerprint density at radius 3 is 2.76 bits per heavy atom. The summed E-state index contributed by atoms with van der Waals surface area (Å²) in [6.07, 6.45) is 4.97. The summed E-state index contributed by atoms with van der Waals surface area (Å²) in [4.78, 5) is 11.5. The van der Waals surface area contributed by atoms with Crippen molar-refractivity contribution in [1.29, 1.82) is 0 Å². The van der Waals surface area contributed by atoms with Crippen molar-refractivity contribution in [1.82, 2.24) is 20.1 Å². The van der Waals surface area contributed by atoms with Crippen molar-refractivity contribution < 1.29 is 4.79 Å². The normalized spacial score (nSPS) is 11.1. The van der Waals surface area contributed by atoms with Crippen molar-refractivity contribution in [2.45, 2.75) is 51.2 Å². The molecule has 0 bridgehead atoms. The van der Waals surface area contributed by atoms with E-state index in [-0.39, 0.29) is 5.91 Å². The molecule has 120 valence electrons. The van der Waals surface area contributed by atoms with Gasteiger partial charge in [-0.1, -0.05) is 25.6 Å². The van der Waals surface area contributed by atoms with Crippen LogP contribution >= 0.6 is 11.8 Å². The molecule has 1 heterocycles. The third-order valence-corrected chi connectivity index (χ3v) is 3.70. The zero-order chi connectivity index (χ0) is 15.7. The highest BCUT2D eigenvalue weighted by Crippen LogP contribution is 2.16. The van der Waals surface area contributed by atoms with E-state index in [9.17, 15) is 4.79 Å². The minimum absolute atomic E-state index is 0.0777. The van der Waals surface area contributed by atoms with Gasteiger partial charge < -0.3 is 15.6 Å². The van der Waals surface area contributed by atoms with Gasteiger partial charge in [0, 0.05) is 25.9 Å². The SMILES string of the molecule is CSc1nnc(CCCNC(=O)CCCN)n1CC(C)C. The molecule has 1 rings (SSSR count). The fourth-order valence-corrected chi connectivity index (χ4v) is 2.55. The van der Waals surface area contributed by atoms with Gasteiger partial charge in [-0.3, -0.25) is 4.79 Å². The summed E-state index contributed by atoms with van der Waals surface area (Å²) >= 11 is 1.62. The van der Waals surface area contributed by atoms with E-state index in [2.05, 4.69) is 33.9 Å². The van der Waals surface area contributed by atoms with Crippen molar-refractivity contribution in [2.75, 3.05) is 19.3 Å². The molecular formula is C14H27N5OS. The first-order chi connectivity index (χ1) is 10.1. The van der Waals surface area contributed by atoms with E-state index in [0.717, 1.165) is 36.8 Å². The number of aryl methyl sites for hydroxylation is 1. The van der Waals surface area contributed by atoms with Gasteiger partial charge in [-0.25, -0.2) is 0 Å². The molecule has 0 aliphatic rings. The highest BCUT2D eigenvalue weighted by molar-refractivity contribution is 7.98. The van der Waals surface area contributed by atoms with Gasteiger partial charge in [0.2, 0.25) is 5.91 Å². The third-order valence-electron chi connectivity index (χ3n) is 3.03. The molecule has 0 atom stereocenters. The van der Waals surface area contributed by atoms with Crippen LogP contribution in [-0.2, 0) is 17.8 Å². The largest absolute Gasteiger partial charge is 0.356 e. The number of rotatable bonds is 10. The number of nitrogens with one attached hydrogen (secondary N) is 1. The van der Waals surface area contributed by atoms with E-state index in [1.807, 2.05) is 6.26 Å². The molecule has 0 unspecified atom stereocenters. The average molecular weight is 313 g/mol. The van der Waals surface area contributed by atoms with Crippen LogP contribution in [0.3, 0.4) is 0 Å². The molecule has 6 nitrogen and oxygen atoms in total. The van der Waals surface area contributed by atoms with Gasteiger partial charge in [-0.2, -0.15) is 0 Å². The van der Waals surface area contributed by atoms with Crippen LogP contribution in [-0.4, -0.2) is 40.0 Å². The van der Waals surface area contributed by atoms with Crippen LogP contribution in [0.15, 0.2) is 5.16 Å². The van der Waals surface area contributed by atoms with Gasteiger partial charge >= 0.3 is 0 Å². The van der Waals surface area contributed by atoms with E-state index in [0.29, 0.717) is 25.4 Å². The van der Waals surface area contributed by atoms with Gasteiger partial charge in [-0.15, -0.1) is 10.2 Å². The maximum Gasteiger partial charge on any atom is 0.220 e. The van der Waals surface area contributed by atoms with Crippen molar-refractivity contribution >= 4 is 17.7 Å². The number of carbonyl (C=O) groups is 1. The van der Waals surface area contributed by atoms with Gasteiger partial charge in [0.1, 0.15) is 5.82 Å². The molecule has 3 N–H and O–H groups in total. The standard InChI is InChI=1S/C14H27N5OS/c1-11(2)10-19-12(17-18-14(19)21-3)6-5-9-16-13(20)7-4-8-15/h11H,4-10,15H2,1-3H3,(H,16,20). The Labute approximate surface area is 131 Å². The van der Waals surface area contributed by atoms with E-state index < -0.39 is 0 Å². The Kier molecular flexibility index (Phi) is 8.37. The molecule has 0 saturated heterocycles. The molecular weight excluding hydrogens is 286 g/mol. The van der Waals surface area contributed by atoms with Gasteiger partial charge in [-0.05, 0) is 31.6 Å². The number of nitrogens with zero attached hydrogens (tertiary/aromatic N) is 3. The molecule has 1 aromatic rings. The number of hydrogen-bond donors (Lipinski definition) is 2. The fraction of sp³-hybridized carbons (Fsp3) is 0.786. The van der Waals surface area contributed by atoms with E-state index in [1.54, 1.807) is 11.8 Å². The summed E-state index contributed by atoms with van der Waals surface area (Å²) in [6.45, 7) is 6.54. The molecule has 21 heavy (non-hydrogen) atoms. The number of carbonyl (C=O) groups excluding carboxylic acids is 1. The fourth-order valence-electron chi connectivity index (χ4n) is 2.03. The molecule has 0 fully saturated rings. The lowest BCUT2D eigenvalue weighted by Crippen LogP contribution is -2.25. The Balaban J connectivity index is 2.41. The first kappa shape index (κ1) is 18.0. The van der Waals surface area contributed by atoms with Gasteiger partial charge in [0.05, 0.1) is 0 Å². The second-order valence-corrected chi connectivity index (χ2v) is 6.23. The second-order valence-electron chi connectivity index (χ2n) is 5.45. The van der Waals surface area contributed by atoms with Crippen molar-refractivity contribution in [3.63, 3.8) is 0 Å². The van der Waals surface area contributed by atoms with Crippen molar-refractivity contribution in [3.8, 4) is 0 Å². The van der Waals surface area contributed by atoms with Crippen LogP contribution in [0.2, 0.25) is 0 Å². The highest BCUT2D eigenvalue weighted by atomic mass is 32.2. The lowest BCUT2D eigenvalue weighted by Gasteiger charge is -2.11. The van der Waals surface area contributed by atoms with Crippen LogP contribution in [0.4, 0.5) is 0 Å². The zero-order valence-corrected chi connectivity index (χ0v) is 14.1. The lowest BCUT2D eigenvalue weighted by atomic mass is 10.2. The molecule has 0 aliphatic carbocycles. The monoisotopic (exact) mass is 313 g/mol. The first-order valence-electron chi connectivity index (χ1n) is 7.51. The van der Waals surface area contributed by atoms with E-state index in [4.69, 9.17) is 5.73 Å². The molecule has 1 amide bonds. The third kappa shape index (κ3) is 6.48. The maximum atomic E-state index is 11.5. The molecule has 0 spiro atoms. The summed E-state index contributed by atoms with van der Waals surface area (Å²) in [7, 11) is 0. The zero-order valence-electron chi connectivity index (χ0n) is 13.3. The number of hydrogen-bond acceptors (Lipinski definition) is 5. The van der Waals surface area contributed by atoms with Crippen LogP contribution in [0.25, 0.3) is 0 Å². The van der Waals surface area contributed by atoms with E-state index >= 15 is 0 Å². The topological polar surface area (TPSA) is 85.8 Å². The Morgan fingerprint density at radius 1 is 1.38 bits per heavy atom. The average Bonchev–Trinajstić information content (AvgIpc) is 2.82. The Hall–Kier alpha value is -1.08. The quantitative estimate of drug-likeness (QED) is 0.504. The predicted molar refractivity (Wildman–Crippen MR) is 86.3 cm³/mol. The maximum absolute atomic E-state index is 11.5. The number of aromatic nitrogens is 3. The summed E-state index contributed by atoms with van der Waals surface area (Å²) in [5, 5.41) is 12.4. The molecule has 0 saturated carbocycles. The minimum Gasteiger partial charge on any atom is -0.356 e. The van der Waals surface area contributed by atoms with Gasteiger partial charge in [0.25, 0.3) is 0 Å². The van der Waals surface area contributed by atoms with Crippen LogP contribution in [0.1, 0.15) is 38.9 Å². The highest BCUT2D eigenvalue weighted by Gasteiger charge is 2.12. The second kappa shape index (κ2) is 9.78. The summed E-state index contributed by atoms with van der Waals surface area (Å²) < 4.78 is 2.19. The number of thioether (sulfide) groups is 1. The molecule has 0 aliphatic heterocycles. The lowest BCUT2D eigenvalue weighted by molar-refractivity contribution is -0.121. The Bertz CT molecular complexity index is 433. The van der Waals surface area contributed by atoms with Crippen LogP contribution in [0, 0.1) is 5.92 Å². The molecule has 0 aromatic carbocycles. The van der Waals surface area contributed by atoms with E-state index in [1.165, 1.54) is 0 Å². The summed E-state index contributed by atoms with van der Waals surface area (Å²) in [5.74, 6) is 1.64. The smallest absolute Gasteiger partial charge is 0.220 e. The van der Waals surface area contributed by atoms with Crippen molar-refractivity contribution in [3.05, 3.63) is 5.82 Å². The van der Waals surface area contributed by atoms with Gasteiger partial charge in [0.15, 0.2) is 5.16 Å². The molecule has 7 heteroatoms.